The number of carbonyl (C=O) groups is 1. The highest BCUT2D eigenvalue weighted by atomic mass is 19.4. The van der Waals surface area contributed by atoms with Crippen molar-refractivity contribution < 1.29 is 18.0 Å². The van der Waals surface area contributed by atoms with Gasteiger partial charge in [-0.05, 0) is 85.7 Å². The van der Waals surface area contributed by atoms with E-state index < -0.39 is 11.7 Å². The van der Waals surface area contributed by atoms with E-state index in [0.717, 1.165) is 42.1 Å². The zero-order valence-electron chi connectivity index (χ0n) is 20.9. The molecule has 192 valence electrons. The molecule has 0 bridgehead atoms. The molecule has 0 aliphatic heterocycles. The van der Waals surface area contributed by atoms with Gasteiger partial charge in [-0.2, -0.15) is 13.2 Å². The first-order chi connectivity index (χ1) is 17.3. The SMILES string of the molecule is CCCNC(=O)c1ccc(NC(c2cn(-c3cccc(C(F)(F)F)c3)cc2C)C2CCCCC2)cc1. The van der Waals surface area contributed by atoms with Gasteiger partial charge >= 0.3 is 6.18 Å². The predicted octanol–water partition coefficient (Wildman–Crippen LogP) is 7.68. The van der Waals surface area contributed by atoms with E-state index in [-0.39, 0.29) is 11.9 Å². The predicted molar refractivity (Wildman–Crippen MR) is 138 cm³/mol. The van der Waals surface area contributed by atoms with Crippen LogP contribution in [-0.4, -0.2) is 17.0 Å². The van der Waals surface area contributed by atoms with E-state index in [4.69, 9.17) is 0 Å². The van der Waals surface area contributed by atoms with Gasteiger partial charge in [0.1, 0.15) is 0 Å². The molecule has 1 heterocycles. The zero-order valence-corrected chi connectivity index (χ0v) is 20.9. The fourth-order valence-electron chi connectivity index (χ4n) is 5.04. The van der Waals surface area contributed by atoms with Crippen molar-refractivity contribution in [3.63, 3.8) is 0 Å². The summed E-state index contributed by atoms with van der Waals surface area (Å²) in [7, 11) is 0. The molecule has 0 saturated heterocycles. The zero-order chi connectivity index (χ0) is 25.7. The number of nitrogens with one attached hydrogen (secondary N) is 2. The molecule has 2 aromatic carbocycles. The van der Waals surface area contributed by atoms with Crippen LogP contribution in [0.25, 0.3) is 5.69 Å². The molecule has 0 spiro atoms. The number of nitrogens with zero attached hydrogens (tertiary/aromatic N) is 1. The summed E-state index contributed by atoms with van der Waals surface area (Å²) in [4.78, 5) is 12.3. The van der Waals surface area contributed by atoms with Gasteiger partial charge < -0.3 is 15.2 Å². The van der Waals surface area contributed by atoms with Gasteiger partial charge in [-0.1, -0.05) is 32.3 Å². The van der Waals surface area contributed by atoms with Gasteiger partial charge in [-0.15, -0.1) is 0 Å². The number of benzene rings is 2. The van der Waals surface area contributed by atoms with Crippen molar-refractivity contribution in [1.82, 2.24) is 9.88 Å². The number of aryl methyl sites for hydroxylation is 1. The van der Waals surface area contributed by atoms with Crippen molar-refractivity contribution in [2.45, 2.75) is 64.6 Å². The van der Waals surface area contributed by atoms with E-state index in [1.54, 1.807) is 10.6 Å². The number of anilines is 1. The quantitative estimate of drug-likeness (QED) is 0.335. The molecule has 0 radical (unpaired) electrons. The van der Waals surface area contributed by atoms with Gasteiger partial charge in [-0.25, -0.2) is 0 Å². The molecule has 1 saturated carbocycles. The van der Waals surface area contributed by atoms with Gasteiger partial charge in [0.15, 0.2) is 0 Å². The Morgan fingerprint density at radius 3 is 2.44 bits per heavy atom. The second-order valence-electron chi connectivity index (χ2n) is 9.71. The van der Waals surface area contributed by atoms with Crippen LogP contribution in [0.5, 0.6) is 0 Å². The maximum absolute atomic E-state index is 13.3. The van der Waals surface area contributed by atoms with Crippen LogP contribution >= 0.6 is 0 Å². The van der Waals surface area contributed by atoms with Crippen molar-refractivity contribution in [3.8, 4) is 5.69 Å². The molecule has 36 heavy (non-hydrogen) atoms. The molecule has 7 heteroatoms. The highest BCUT2D eigenvalue weighted by molar-refractivity contribution is 5.94. The Balaban J connectivity index is 1.61. The first-order valence-electron chi connectivity index (χ1n) is 12.8. The smallest absolute Gasteiger partial charge is 0.378 e. The molecule has 1 aromatic heterocycles. The maximum atomic E-state index is 13.3. The Hall–Kier alpha value is -3.22. The monoisotopic (exact) mass is 497 g/mol. The summed E-state index contributed by atoms with van der Waals surface area (Å²) in [6.07, 6.45) is 6.15. The lowest BCUT2D eigenvalue weighted by Crippen LogP contribution is -2.24. The molecule has 3 aromatic rings. The van der Waals surface area contributed by atoms with Crippen LogP contribution in [0, 0.1) is 12.8 Å². The summed E-state index contributed by atoms with van der Waals surface area (Å²) in [6.45, 7) is 4.67. The van der Waals surface area contributed by atoms with Crippen LogP contribution in [0.15, 0.2) is 60.9 Å². The van der Waals surface area contributed by atoms with Gasteiger partial charge in [0.25, 0.3) is 5.91 Å². The summed E-state index contributed by atoms with van der Waals surface area (Å²) < 4.78 is 41.6. The molecular weight excluding hydrogens is 463 g/mol. The molecule has 1 atom stereocenters. The van der Waals surface area contributed by atoms with E-state index in [2.05, 4.69) is 10.6 Å². The van der Waals surface area contributed by atoms with Crippen molar-refractivity contribution in [3.05, 3.63) is 83.2 Å². The van der Waals surface area contributed by atoms with Crippen LogP contribution in [0.3, 0.4) is 0 Å². The Kier molecular flexibility index (Phi) is 8.07. The van der Waals surface area contributed by atoms with Crippen LogP contribution in [0.1, 0.15) is 78.5 Å². The van der Waals surface area contributed by atoms with E-state index >= 15 is 0 Å². The molecular formula is C29H34F3N3O. The average Bonchev–Trinajstić information content (AvgIpc) is 3.27. The molecule has 1 aliphatic carbocycles. The van der Waals surface area contributed by atoms with Gasteiger partial charge in [0.2, 0.25) is 0 Å². The third-order valence-electron chi connectivity index (χ3n) is 7.00. The molecule has 1 unspecified atom stereocenters. The summed E-state index contributed by atoms with van der Waals surface area (Å²) in [5.74, 6) is 0.337. The largest absolute Gasteiger partial charge is 0.416 e. The summed E-state index contributed by atoms with van der Waals surface area (Å²) >= 11 is 0. The van der Waals surface area contributed by atoms with Crippen LogP contribution in [0.4, 0.5) is 18.9 Å². The van der Waals surface area contributed by atoms with Crippen LogP contribution in [-0.2, 0) is 6.18 Å². The summed E-state index contributed by atoms with van der Waals surface area (Å²) in [6, 6.07) is 13.0. The van der Waals surface area contributed by atoms with Crippen molar-refractivity contribution in [1.29, 1.82) is 0 Å². The second kappa shape index (κ2) is 11.2. The third kappa shape index (κ3) is 6.12. The topological polar surface area (TPSA) is 46.1 Å². The lowest BCUT2D eigenvalue weighted by atomic mass is 9.81. The van der Waals surface area contributed by atoms with Crippen molar-refractivity contribution >= 4 is 11.6 Å². The van der Waals surface area contributed by atoms with E-state index in [1.165, 1.54) is 31.4 Å². The minimum atomic E-state index is -4.38. The number of amides is 1. The lowest BCUT2D eigenvalue weighted by Gasteiger charge is -2.32. The molecule has 4 rings (SSSR count). The van der Waals surface area contributed by atoms with Gasteiger partial charge in [0, 0.05) is 35.9 Å². The average molecular weight is 498 g/mol. The highest BCUT2D eigenvalue weighted by Crippen LogP contribution is 2.39. The normalized spacial score (nSPS) is 15.5. The second-order valence-corrected chi connectivity index (χ2v) is 9.71. The standard InChI is InChI=1S/C29H34F3N3O/c1-3-16-33-28(36)22-12-14-24(15-13-22)34-27(21-8-5-4-6-9-21)26-19-35(18-20(26)2)25-11-7-10-23(17-25)29(30,31)32/h7,10-15,17-19,21,27,34H,3-6,8-9,16H2,1-2H3,(H,33,36). The number of halogens is 3. The molecule has 2 N–H and O–H groups in total. The van der Waals surface area contributed by atoms with E-state index in [9.17, 15) is 18.0 Å². The molecule has 1 amide bonds. The molecule has 1 fully saturated rings. The number of aromatic nitrogens is 1. The van der Waals surface area contributed by atoms with Gasteiger partial charge in [0.05, 0.1) is 11.6 Å². The lowest BCUT2D eigenvalue weighted by molar-refractivity contribution is -0.137. The number of hydrogen-bond donors (Lipinski definition) is 2. The summed E-state index contributed by atoms with van der Waals surface area (Å²) in [5, 5.41) is 6.58. The number of hydrogen-bond acceptors (Lipinski definition) is 2. The number of alkyl halides is 3. The first-order valence-corrected chi connectivity index (χ1v) is 12.8. The fourth-order valence-corrected chi connectivity index (χ4v) is 5.04. The Morgan fingerprint density at radius 2 is 1.78 bits per heavy atom. The highest BCUT2D eigenvalue weighted by Gasteiger charge is 2.31. The van der Waals surface area contributed by atoms with Gasteiger partial charge in [-0.3, -0.25) is 4.79 Å². The van der Waals surface area contributed by atoms with Crippen molar-refractivity contribution in [2.75, 3.05) is 11.9 Å². The van der Waals surface area contributed by atoms with E-state index in [0.29, 0.717) is 23.7 Å². The minimum Gasteiger partial charge on any atom is -0.378 e. The third-order valence-corrected chi connectivity index (χ3v) is 7.00. The minimum absolute atomic E-state index is 0.0251. The fraction of sp³-hybridized carbons (Fsp3) is 0.414. The number of carbonyl (C=O) groups excluding carboxylic acids is 1. The molecule has 4 nitrogen and oxygen atoms in total. The number of rotatable bonds is 8. The van der Waals surface area contributed by atoms with E-state index in [1.807, 2.05) is 50.5 Å². The molecule has 1 aliphatic rings. The Bertz CT molecular complexity index is 1160. The van der Waals surface area contributed by atoms with Crippen molar-refractivity contribution in [2.24, 2.45) is 5.92 Å². The Morgan fingerprint density at radius 1 is 1.06 bits per heavy atom. The van der Waals surface area contributed by atoms with Crippen LogP contribution in [0.2, 0.25) is 0 Å². The Labute approximate surface area is 210 Å². The maximum Gasteiger partial charge on any atom is 0.416 e. The van der Waals surface area contributed by atoms with Crippen LogP contribution < -0.4 is 10.6 Å². The summed E-state index contributed by atoms with van der Waals surface area (Å²) in [5.41, 5.74) is 3.50. The first kappa shape index (κ1) is 25.9.